The van der Waals surface area contributed by atoms with E-state index in [9.17, 15) is 12.8 Å². The minimum absolute atomic E-state index is 0.0396. The summed E-state index contributed by atoms with van der Waals surface area (Å²) in [6.07, 6.45) is 0. The maximum Gasteiger partial charge on any atom is 0.245 e. The van der Waals surface area contributed by atoms with Gasteiger partial charge in [0.1, 0.15) is 10.7 Å². The molecule has 0 saturated heterocycles. The molecule has 0 amide bonds. The number of thiophene rings is 1. The molecule has 0 aliphatic rings. The summed E-state index contributed by atoms with van der Waals surface area (Å²) in [7, 11) is -2.38. The van der Waals surface area contributed by atoms with Gasteiger partial charge in [-0.3, -0.25) is 0 Å². The molecular weight excluding hydrogens is 311 g/mol. The highest BCUT2D eigenvalue weighted by Crippen LogP contribution is 2.32. The van der Waals surface area contributed by atoms with Crippen LogP contribution in [0.2, 0.25) is 0 Å². The van der Waals surface area contributed by atoms with E-state index in [1.165, 1.54) is 28.8 Å². The first-order valence-electron chi connectivity index (χ1n) is 6.33. The third-order valence-electron chi connectivity index (χ3n) is 3.35. The molecule has 1 unspecified atom stereocenters. The lowest BCUT2D eigenvalue weighted by atomic mass is 10.3. The van der Waals surface area contributed by atoms with E-state index < -0.39 is 15.8 Å². The number of sulfonamides is 1. The maximum atomic E-state index is 13.3. The number of anilines is 1. The van der Waals surface area contributed by atoms with Crippen molar-refractivity contribution in [2.45, 2.75) is 24.8 Å². The second-order valence-electron chi connectivity index (χ2n) is 4.83. The number of rotatable bonds is 4. The first kappa shape index (κ1) is 15.9. The van der Waals surface area contributed by atoms with Crippen LogP contribution in [0.15, 0.2) is 35.2 Å². The van der Waals surface area contributed by atoms with E-state index >= 15 is 0 Å². The van der Waals surface area contributed by atoms with Crippen molar-refractivity contribution in [2.24, 2.45) is 0 Å². The highest BCUT2D eigenvalue weighted by molar-refractivity contribution is 7.89. The van der Waals surface area contributed by atoms with E-state index in [0.717, 1.165) is 21.9 Å². The van der Waals surface area contributed by atoms with Gasteiger partial charge in [0.25, 0.3) is 0 Å². The minimum Gasteiger partial charge on any atom is -0.398 e. The molecule has 21 heavy (non-hydrogen) atoms. The molecule has 2 aromatic rings. The second kappa shape index (κ2) is 5.75. The number of aryl methyl sites for hydroxylation is 1. The van der Waals surface area contributed by atoms with Gasteiger partial charge in [-0.25, -0.2) is 12.8 Å². The number of nitrogens with two attached hydrogens (primary N) is 1. The summed E-state index contributed by atoms with van der Waals surface area (Å²) in [6, 6.07) is 6.83. The van der Waals surface area contributed by atoms with Crippen molar-refractivity contribution in [1.29, 1.82) is 0 Å². The minimum atomic E-state index is -3.86. The second-order valence-corrected chi connectivity index (χ2v) is 8.11. The van der Waals surface area contributed by atoms with Crippen molar-refractivity contribution < 1.29 is 12.8 Å². The Bertz CT molecular complexity index is 756. The van der Waals surface area contributed by atoms with Gasteiger partial charge in [-0.2, -0.15) is 4.31 Å². The quantitative estimate of drug-likeness (QED) is 0.877. The standard InChI is InChI=1S/C14H17FN2O2S2/c1-9-4-7-13(20-9)10(2)17(3)21(18,19)14-8-11(15)5-6-12(14)16/h4-8,10H,16H2,1-3H3. The molecule has 1 atom stereocenters. The molecule has 114 valence electrons. The van der Waals surface area contributed by atoms with E-state index in [1.807, 2.05) is 19.1 Å². The van der Waals surface area contributed by atoms with Crippen LogP contribution in [0, 0.1) is 12.7 Å². The van der Waals surface area contributed by atoms with Gasteiger partial charge in [0.15, 0.2) is 0 Å². The number of nitrogen functional groups attached to an aromatic ring is 1. The number of hydrogen-bond acceptors (Lipinski definition) is 4. The van der Waals surface area contributed by atoms with Gasteiger partial charge in [0, 0.05) is 16.8 Å². The van der Waals surface area contributed by atoms with Crippen LogP contribution in [-0.2, 0) is 10.0 Å². The molecule has 0 bridgehead atoms. The molecular formula is C14H17FN2O2S2. The van der Waals surface area contributed by atoms with Crippen LogP contribution >= 0.6 is 11.3 Å². The Balaban J connectivity index is 2.41. The molecule has 0 radical (unpaired) electrons. The molecule has 7 heteroatoms. The number of benzene rings is 1. The molecule has 0 aliphatic heterocycles. The van der Waals surface area contributed by atoms with Gasteiger partial charge in [-0.15, -0.1) is 11.3 Å². The van der Waals surface area contributed by atoms with Gasteiger partial charge in [-0.1, -0.05) is 0 Å². The van der Waals surface area contributed by atoms with Gasteiger partial charge in [0.05, 0.1) is 11.7 Å². The van der Waals surface area contributed by atoms with Crippen molar-refractivity contribution >= 4 is 27.0 Å². The lowest BCUT2D eigenvalue weighted by Gasteiger charge is -2.24. The van der Waals surface area contributed by atoms with Gasteiger partial charge >= 0.3 is 0 Å². The highest BCUT2D eigenvalue weighted by atomic mass is 32.2. The number of nitrogens with zero attached hydrogens (tertiary/aromatic N) is 1. The molecule has 0 aliphatic carbocycles. The molecule has 2 rings (SSSR count). The van der Waals surface area contributed by atoms with Crippen LogP contribution in [-0.4, -0.2) is 19.8 Å². The highest BCUT2D eigenvalue weighted by Gasteiger charge is 2.29. The zero-order valence-corrected chi connectivity index (χ0v) is 13.6. The summed E-state index contributed by atoms with van der Waals surface area (Å²) < 4.78 is 39.8. The summed E-state index contributed by atoms with van der Waals surface area (Å²) in [4.78, 5) is 1.83. The van der Waals surface area contributed by atoms with Crippen LogP contribution in [0.4, 0.5) is 10.1 Å². The lowest BCUT2D eigenvalue weighted by molar-refractivity contribution is 0.403. The predicted molar refractivity (Wildman–Crippen MR) is 83.2 cm³/mol. The van der Waals surface area contributed by atoms with Gasteiger partial charge < -0.3 is 5.73 Å². The van der Waals surface area contributed by atoms with Crippen molar-refractivity contribution in [3.63, 3.8) is 0 Å². The van der Waals surface area contributed by atoms with Crippen LogP contribution in [0.5, 0.6) is 0 Å². The Kier molecular flexibility index (Phi) is 4.36. The Morgan fingerprint density at radius 2 is 1.95 bits per heavy atom. The normalized spacial score (nSPS) is 13.6. The lowest BCUT2D eigenvalue weighted by Crippen LogP contribution is -2.30. The Morgan fingerprint density at radius 1 is 1.29 bits per heavy atom. The fourth-order valence-electron chi connectivity index (χ4n) is 1.95. The molecule has 0 saturated carbocycles. The zero-order chi connectivity index (χ0) is 15.8. The van der Waals surface area contributed by atoms with E-state index in [2.05, 4.69) is 0 Å². The van der Waals surface area contributed by atoms with Crippen molar-refractivity contribution in [1.82, 2.24) is 4.31 Å². The fourth-order valence-corrected chi connectivity index (χ4v) is 4.46. The van der Waals surface area contributed by atoms with E-state index in [-0.39, 0.29) is 16.6 Å². The molecule has 1 heterocycles. The summed E-state index contributed by atoms with van der Waals surface area (Å²) in [5.74, 6) is -0.629. The van der Waals surface area contributed by atoms with Gasteiger partial charge in [0.2, 0.25) is 10.0 Å². The average Bonchev–Trinajstić information content (AvgIpc) is 2.86. The van der Waals surface area contributed by atoms with Crippen LogP contribution in [0.25, 0.3) is 0 Å². The Morgan fingerprint density at radius 3 is 2.52 bits per heavy atom. The molecule has 4 nitrogen and oxygen atoms in total. The van der Waals surface area contributed by atoms with Gasteiger partial charge in [-0.05, 0) is 44.2 Å². The van der Waals surface area contributed by atoms with E-state index in [4.69, 9.17) is 5.73 Å². The Hall–Kier alpha value is -1.44. The third-order valence-corrected chi connectivity index (χ3v) is 6.51. The summed E-state index contributed by atoms with van der Waals surface area (Å²) in [5.41, 5.74) is 5.73. The van der Waals surface area contributed by atoms with Crippen LogP contribution in [0.3, 0.4) is 0 Å². The van der Waals surface area contributed by atoms with Crippen molar-refractivity contribution in [3.05, 3.63) is 45.9 Å². The first-order chi connectivity index (χ1) is 9.73. The summed E-state index contributed by atoms with van der Waals surface area (Å²) in [5, 5.41) is 0. The maximum absolute atomic E-state index is 13.3. The number of hydrogen-bond donors (Lipinski definition) is 1. The van der Waals surface area contributed by atoms with Crippen molar-refractivity contribution in [3.8, 4) is 0 Å². The number of halogens is 1. The molecule has 1 aromatic carbocycles. The average molecular weight is 328 g/mol. The van der Waals surface area contributed by atoms with E-state index in [0.29, 0.717) is 0 Å². The SMILES string of the molecule is Cc1ccc(C(C)N(C)S(=O)(=O)c2cc(F)ccc2N)s1. The smallest absolute Gasteiger partial charge is 0.245 e. The first-order valence-corrected chi connectivity index (χ1v) is 8.58. The summed E-state index contributed by atoms with van der Waals surface area (Å²) >= 11 is 1.53. The Labute approximate surface area is 128 Å². The van der Waals surface area contributed by atoms with Crippen molar-refractivity contribution in [2.75, 3.05) is 12.8 Å². The molecule has 2 N–H and O–H groups in total. The summed E-state index contributed by atoms with van der Waals surface area (Å²) in [6.45, 7) is 3.75. The molecule has 1 aromatic heterocycles. The predicted octanol–water partition coefficient (Wildman–Crippen LogP) is 3.16. The molecule has 0 fully saturated rings. The zero-order valence-electron chi connectivity index (χ0n) is 12.0. The third kappa shape index (κ3) is 3.09. The topological polar surface area (TPSA) is 63.4 Å². The molecule has 0 spiro atoms. The monoisotopic (exact) mass is 328 g/mol. The largest absolute Gasteiger partial charge is 0.398 e. The van der Waals surface area contributed by atoms with Crippen LogP contribution in [0.1, 0.15) is 22.7 Å². The van der Waals surface area contributed by atoms with Crippen LogP contribution < -0.4 is 5.73 Å². The van der Waals surface area contributed by atoms with E-state index in [1.54, 1.807) is 6.92 Å². The fraction of sp³-hybridized carbons (Fsp3) is 0.286.